The van der Waals surface area contributed by atoms with Crippen molar-refractivity contribution in [2.24, 2.45) is 0 Å². The third-order valence-corrected chi connectivity index (χ3v) is 2.39. The molecule has 0 unspecified atom stereocenters. The SMILES string of the molecule is Cc1c(COC(C)C)cnc2nc[nH]c12. The first-order chi connectivity index (χ1) is 7.18. The van der Waals surface area contributed by atoms with Crippen LogP contribution in [0.1, 0.15) is 25.0 Å². The van der Waals surface area contributed by atoms with Gasteiger partial charge in [-0.2, -0.15) is 0 Å². The molecule has 2 heterocycles. The van der Waals surface area contributed by atoms with E-state index in [0.717, 1.165) is 22.3 Å². The second kappa shape index (κ2) is 3.98. The average Bonchev–Trinajstić information content (AvgIpc) is 2.65. The minimum absolute atomic E-state index is 0.238. The molecule has 0 spiro atoms. The van der Waals surface area contributed by atoms with Crippen LogP contribution in [0.2, 0.25) is 0 Å². The zero-order valence-electron chi connectivity index (χ0n) is 9.24. The van der Waals surface area contributed by atoms with Gasteiger partial charge in [-0.25, -0.2) is 9.97 Å². The third kappa shape index (κ3) is 1.99. The molecular formula is C11H15N3O. The predicted molar refractivity (Wildman–Crippen MR) is 58.6 cm³/mol. The maximum absolute atomic E-state index is 5.56. The molecule has 2 aromatic heterocycles. The van der Waals surface area contributed by atoms with E-state index in [2.05, 4.69) is 21.9 Å². The van der Waals surface area contributed by atoms with Crippen molar-refractivity contribution in [1.29, 1.82) is 0 Å². The Bertz CT molecular complexity index is 462. The number of nitrogens with one attached hydrogen (secondary N) is 1. The summed E-state index contributed by atoms with van der Waals surface area (Å²) in [7, 11) is 0. The Hall–Kier alpha value is -1.42. The van der Waals surface area contributed by atoms with Gasteiger partial charge in [-0.05, 0) is 26.3 Å². The van der Waals surface area contributed by atoms with E-state index in [4.69, 9.17) is 4.74 Å². The molecule has 0 aromatic carbocycles. The summed E-state index contributed by atoms with van der Waals surface area (Å²) >= 11 is 0. The van der Waals surface area contributed by atoms with Crippen LogP contribution in [-0.2, 0) is 11.3 Å². The van der Waals surface area contributed by atoms with Crippen molar-refractivity contribution < 1.29 is 4.74 Å². The first-order valence-corrected chi connectivity index (χ1v) is 5.07. The zero-order valence-corrected chi connectivity index (χ0v) is 9.24. The average molecular weight is 205 g/mol. The fourth-order valence-electron chi connectivity index (χ4n) is 1.46. The number of aromatic amines is 1. The molecule has 1 N–H and O–H groups in total. The molecule has 0 amide bonds. The highest BCUT2D eigenvalue weighted by atomic mass is 16.5. The molecule has 0 bridgehead atoms. The normalized spacial score (nSPS) is 11.5. The summed E-state index contributed by atoms with van der Waals surface area (Å²) in [4.78, 5) is 11.5. The molecule has 0 aliphatic carbocycles. The minimum atomic E-state index is 0.238. The number of H-pyrrole nitrogens is 1. The Morgan fingerprint density at radius 2 is 2.20 bits per heavy atom. The topological polar surface area (TPSA) is 50.8 Å². The Balaban J connectivity index is 2.31. The van der Waals surface area contributed by atoms with E-state index >= 15 is 0 Å². The second-order valence-corrected chi connectivity index (χ2v) is 3.87. The van der Waals surface area contributed by atoms with E-state index < -0.39 is 0 Å². The summed E-state index contributed by atoms with van der Waals surface area (Å²) in [6, 6.07) is 0. The van der Waals surface area contributed by atoms with Gasteiger partial charge >= 0.3 is 0 Å². The first-order valence-electron chi connectivity index (χ1n) is 5.07. The van der Waals surface area contributed by atoms with Crippen molar-refractivity contribution in [3.8, 4) is 0 Å². The van der Waals surface area contributed by atoms with E-state index in [1.165, 1.54) is 0 Å². The van der Waals surface area contributed by atoms with Gasteiger partial charge < -0.3 is 9.72 Å². The number of imidazole rings is 1. The van der Waals surface area contributed by atoms with Crippen LogP contribution < -0.4 is 0 Å². The Morgan fingerprint density at radius 3 is 2.93 bits per heavy atom. The molecule has 0 fully saturated rings. The molecule has 0 aliphatic rings. The predicted octanol–water partition coefficient (Wildman–Crippen LogP) is 2.19. The lowest BCUT2D eigenvalue weighted by molar-refractivity contribution is 0.0653. The molecule has 0 saturated heterocycles. The summed E-state index contributed by atoms with van der Waals surface area (Å²) < 4.78 is 5.56. The quantitative estimate of drug-likeness (QED) is 0.835. The molecular weight excluding hydrogens is 190 g/mol. The van der Waals surface area contributed by atoms with Gasteiger partial charge in [-0.15, -0.1) is 0 Å². The van der Waals surface area contributed by atoms with Crippen LogP contribution >= 0.6 is 0 Å². The van der Waals surface area contributed by atoms with Gasteiger partial charge in [0.15, 0.2) is 5.65 Å². The highest BCUT2D eigenvalue weighted by Gasteiger charge is 2.07. The van der Waals surface area contributed by atoms with Gasteiger partial charge in [-0.1, -0.05) is 0 Å². The van der Waals surface area contributed by atoms with Crippen LogP contribution in [0.25, 0.3) is 11.2 Å². The molecule has 15 heavy (non-hydrogen) atoms. The smallest absolute Gasteiger partial charge is 0.177 e. The van der Waals surface area contributed by atoms with Crippen molar-refractivity contribution in [1.82, 2.24) is 15.0 Å². The highest BCUT2D eigenvalue weighted by molar-refractivity contribution is 5.74. The van der Waals surface area contributed by atoms with Gasteiger partial charge in [0.25, 0.3) is 0 Å². The number of hydrogen-bond donors (Lipinski definition) is 1. The Labute approximate surface area is 88.7 Å². The Morgan fingerprint density at radius 1 is 1.40 bits per heavy atom. The van der Waals surface area contributed by atoms with Gasteiger partial charge in [0.2, 0.25) is 0 Å². The first kappa shape index (κ1) is 10.1. The van der Waals surface area contributed by atoms with Crippen LogP contribution in [0, 0.1) is 6.92 Å². The maximum atomic E-state index is 5.56. The van der Waals surface area contributed by atoms with Gasteiger partial charge in [0.1, 0.15) is 0 Å². The molecule has 0 saturated carbocycles. The summed E-state index contributed by atoms with van der Waals surface area (Å²) in [6.07, 6.45) is 3.74. The summed E-state index contributed by atoms with van der Waals surface area (Å²) in [5.74, 6) is 0. The highest BCUT2D eigenvalue weighted by Crippen LogP contribution is 2.17. The summed E-state index contributed by atoms with van der Waals surface area (Å²) in [5.41, 5.74) is 4.04. The van der Waals surface area contributed by atoms with Crippen molar-refractivity contribution in [2.45, 2.75) is 33.5 Å². The number of aromatic nitrogens is 3. The molecule has 0 radical (unpaired) electrons. The van der Waals surface area contributed by atoms with Crippen LogP contribution in [0.3, 0.4) is 0 Å². The monoisotopic (exact) mass is 205 g/mol. The van der Waals surface area contributed by atoms with E-state index in [1.54, 1.807) is 6.33 Å². The summed E-state index contributed by atoms with van der Waals surface area (Å²) in [6.45, 7) is 6.71. The minimum Gasteiger partial charge on any atom is -0.374 e. The summed E-state index contributed by atoms with van der Waals surface area (Å²) in [5, 5.41) is 0. The van der Waals surface area contributed by atoms with E-state index in [1.807, 2.05) is 20.0 Å². The van der Waals surface area contributed by atoms with Crippen molar-refractivity contribution in [3.05, 3.63) is 23.7 Å². The van der Waals surface area contributed by atoms with Crippen LogP contribution in [0.5, 0.6) is 0 Å². The largest absolute Gasteiger partial charge is 0.374 e. The standard InChI is InChI=1S/C11H15N3O/c1-7(2)15-5-9-4-12-11-10(8(9)3)13-6-14-11/h4,6-7H,5H2,1-3H3,(H,12,13,14). The van der Waals surface area contributed by atoms with Crippen molar-refractivity contribution >= 4 is 11.2 Å². The molecule has 2 aromatic rings. The molecule has 2 rings (SSSR count). The van der Waals surface area contributed by atoms with Gasteiger partial charge in [0, 0.05) is 11.8 Å². The fourth-order valence-corrected chi connectivity index (χ4v) is 1.46. The number of rotatable bonds is 3. The lowest BCUT2D eigenvalue weighted by Crippen LogP contribution is -2.04. The van der Waals surface area contributed by atoms with Gasteiger partial charge in [0.05, 0.1) is 24.6 Å². The molecule has 0 aliphatic heterocycles. The van der Waals surface area contributed by atoms with E-state index in [0.29, 0.717) is 6.61 Å². The van der Waals surface area contributed by atoms with E-state index in [-0.39, 0.29) is 6.10 Å². The van der Waals surface area contributed by atoms with Crippen LogP contribution in [0.15, 0.2) is 12.5 Å². The fraction of sp³-hybridized carbons (Fsp3) is 0.455. The lowest BCUT2D eigenvalue weighted by atomic mass is 10.1. The van der Waals surface area contributed by atoms with Crippen LogP contribution in [0.4, 0.5) is 0 Å². The number of ether oxygens (including phenoxy) is 1. The zero-order chi connectivity index (χ0) is 10.8. The number of hydrogen-bond acceptors (Lipinski definition) is 3. The van der Waals surface area contributed by atoms with Crippen molar-refractivity contribution in [3.63, 3.8) is 0 Å². The van der Waals surface area contributed by atoms with Crippen LogP contribution in [-0.4, -0.2) is 21.1 Å². The van der Waals surface area contributed by atoms with Gasteiger partial charge in [-0.3, -0.25) is 0 Å². The van der Waals surface area contributed by atoms with E-state index in [9.17, 15) is 0 Å². The molecule has 4 heteroatoms. The van der Waals surface area contributed by atoms with Crippen molar-refractivity contribution in [2.75, 3.05) is 0 Å². The molecule has 80 valence electrons. The molecule has 4 nitrogen and oxygen atoms in total. The molecule has 0 atom stereocenters. The number of fused-ring (bicyclic) bond motifs is 1. The number of aryl methyl sites for hydroxylation is 1. The second-order valence-electron chi connectivity index (χ2n) is 3.87. The Kier molecular flexibility index (Phi) is 2.68. The maximum Gasteiger partial charge on any atom is 0.177 e. The number of pyridine rings is 1. The lowest BCUT2D eigenvalue weighted by Gasteiger charge is -2.09. The number of nitrogens with zero attached hydrogens (tertiary/aromatic N) is 2. The third-order valence-electron chi connectivity index (χ3n) is 2.39.